The average Bonchev–Trinajstić information content (AvgIpc) is 2.14. The maximum absolute atomic E-state index is 11.6. The van der Waals surface area contributed by atoms with E-state index in [0.29, 0.717) is 0 Å². The van der Waals surface area contributed by atoms with Crippen LogP contribution in [-0.4, -0.2) is 57.7 Å². The summed E-state index contributed by atoms with van der Waals surface area (Å²) in [6, 6.07) is 0. The summed E-state index contributed by atoms with van der Waals surface area (Å²) in [6.45, 7) is 3.07. The molecule has 14 heavy (non-hydrogen) atoms. The SMILES string of the molecule is CS(=O)(=O)CCC([O])N1CCNCC1. The third-order valence-corrected chi connectivity index (χ3v) is 3.27. The van der Waals surface area contributed by atoms with E-state index in [1.807, 2.05) is 0 Å². The Morgan fingerprint density at radius 2 is 1.93 bits per heavy atom. The molecule has 6 heteroatoms. The molecule has 83 valence electrons. The van der Waals surface area contributed by atoms with Gasteiger partial charge in [0.15, 0.2) is 0 Å². The van der Waals surface area contributed by atoms with Crippen molar-refractivity contribution in [3.8, 4) is 0 Å². The Hall–Kier alpha value is -0.170. The fraction of sp³-hybridized carbons (Fsp3) is 1.00. The molecule has 1 fully saturated rings. The van der Waals surface area contributed by atoms with Crippen molar-refractivity contribution in [3.63, 3.8) is 0 Å². The van der Waals surface area contributed by atoms with Gasteiger partial charge >= 0.3 is 0 Å². The van der Waals surface area contributed by atoms with Crippen molar-refractivity contribution in [1.82, 2.24) is 10.2 Å². The summed E-state index contributed by atoms with van der Waals surface area (Å²) in [7, 11) is -3.00. The van der Waals surface area contributed by atoms with Gasteiger partial charge in [-0.15, -0.1) is 0 Å². The van der Waals surface area contributed by atoms with E-state index in [1.165, 1.54) is 0 Å². The van der Waals surface area contributed by atoms with Crippen LogP contribution in [0.4, 0.5) is 0 Å². The molecule has 1 radical (unpaired) electrons. The second-order valence-electron chi connectivity index (χ2n) is 3.66. The molecule has 1 heterocycles. The Labute approximate surface area is 85.0 Å². The molecule has 0 bridgehead atoms. The zero-order valence-corrected chi connectivity index (χ0v) is 9.22. The van der Waals surface area contributed by atoms with Crippen LogP contribution in [0.25, 0.3) is 0 Å². The monoisotopic (exact) mass is 221 g/mol. The highest BCUT2D eigenvalue weighted by Gasteiger charge is 2.20. The molecular formula is C8H17N2O3S. The number of nitrogens with one attached hydrogen (secondary N) is 1. The smallest absolute Gasteiger partial charge is 0.147 e. The average molecular weight is 221 g/mol. The van der Waals surface area contributed by atoms with Crippen LogP contribution in [0.15, 0.2) is 0 Å². The Morgan fingerprint density at radius 1 is 1.36 bits per heavy atom. The Morgan fingerprint density at radius 3 is 2.43 bits per heavy atom. The minimum atomic E-state index is -3.00. The highest BCUT2D eigenvalue weighted by atomic mass is 32.2. The van der Waals surface area contributed by atoms with Gasteiger partial charge < -0.3 is 5.32 Å². The highest BCUT2D eigenvalue weighted by Crippen LogP contribution is 2.04. The summed E-state index contributed by atoms with van der Waals surface area (Å²) in [5.41, 5.74) is 0. The van der Waals surface area contributed by atoms with Gasteiger partial charge in [-0.2, -0.15) is 0 Å². The predicted molar refractivity (Wildman–Crippen MR) is 53.2 cm³/mol. The van der Waals surface area contributed by atoms with Gasteiger partial charge in [0.2, 0.25) is 0 Å². The van der Waals surface area contributed by atoms with E-state index in [1.54, 1.807) is 4.90 Å². The van der Waals surface area contributed by atoms with E-state index in [9.17, 15) is 13.5 Å². The first-order chi connectivity index (χ1) is 6.49. The van der Waals surface area contributed by atoms with Crippen LogP contribution in [0.3, 0.4) is 0 Å². The Balaban J connectivity index is 2.30. The molecule has 1 saturated heterocycles. The van der Waals surface area contributed by atoms with Gasteiger partial charge in [0, 0.05) is 38.9 Å². The van der Waals surface area contributed by atoms with E-state index in [0.717, 1.165) is 32.4 Å². The first kappa shape index (κ1) is 11.9. The summed E-state index contributed by atoms with van der Waals surface area (Å²) in [5, 5.41) is 14.7. The maximum atomic E-state index is 11.6. The normalized spacial score (nSPS) is 22.1. The molecule has 1 N–H and O–H groups in total. The quantitative estimate of drug-likeness (QED) is 0.667. The lowest BCUT2D eigenvalue weighted by atomic mass is 10.3. The van der Waals surface area contributed by atoms with Gasteiger partial charge in [0.1, 0.15) is 16.1 Å². The van der Waals surface area contributed by atoms with Crippen LogP contribution >= 0.6 is 0 Å². The summed E-state index contributed by atoms with van der Waals surface area (Å²) in [4.78, 5) is 1.79. The lowest BCUT2D eigenvalue weighted by molar-refractivity contribution is -0.0548. The van der Waals surface area contributed by atoms with Gasteiger partial charge in [0.25, 0.3) is 0 Å². The molecule has 5 nitrogen and oxygen atoms in total. The second kappa shape index (κ2) is 5.06. The largest absolute Gasteiger partial charge is 0.314 e. The number of nitrogens with zero attached hydrogens (tertiary/aromatic N) is 1. The minimum absolute atomic E-state index is 0.00883. The molecule has 0 amide bonds. The van der Waals surface area contributed by atoms with Gasteiger partial charge in [-0.3, -0.25) is 4.90 Å². The fourth-order valence-electron chi connectivity index (χ4n) is 1.47. The van der Waals surface area contributed by atoms with Crippen molar-refractivity contribution in [3.05, 3.63) is 0 Å². The number of hydrogen-bond acceptors (Lipinski definition) is 4. The zero-order chi connectivity index (χ0) is 10.6. The molecule has 0 spiro atoms. The van der Waals surface area contributed by atoms with Crippen molar-refractivity contribution < 1.29 is 13.5 Å². The van der Waals surface area contributed by atoms with E-state index in [2.05, 4.69) is 5.32 Å². The molecular weight excluding hydrogens is 204 g/mol. The Bertz CT molecular complexity index is 260. The van der Waals surface area contributed by atoms with Crippen molar-refractivity contribution in [2.24, 2.45) is 0 Å². The first-order valence-electron chi connectivity index (χ1n) is 4.77. The van der Waals surface area contributed by atoms with Gasteiger partial charge in [0.05, 0.1) is 5.75 Å². The molecule has 0 aliphatic carbocycles. The summed E-state index contributed by atoms with van der Waals surface area (Å²) < 4.78 is 21.7. The lowest BCUT2D eigenvalue weighted by Gasteiger charge is -2.30. The van der Waals surface area contributed by atoms with Crippen molar-refractivity contribution in [1.29, 1.82) is 0 Å². The zero-order valence-electron chi connectivity index (χ0n) is 8.40. The van der Waals surface area contributed by atoms with E-state index in [4.69, 9.17) is 0 Å². The van der Waals surface area contributed by atoms with Gasteiger partial charge in [-0.1, -0.05) is 0 Å². The number of piperazine rings is 1. The summed E-state index contributed by atoms with van der Waals surface area (Å²) >= 11 is 0. The molecule has 1 aliphatic rings. The topological polar surface area (TPSA) is 69.3 Å². The van der Waals surface area contributed by atoms with Crippen LogP contribution < -0.4 is 5.32 Å². The predicted octanol–water partition coefficient (Wildman–Crippen LogP) is -0.917. The third-order valence-electron chi connectivity index (χ3n) is 2.29. The lowest BCUT2D eigenvalue weighted by Crippen LogP contribution is -2.48. The molecule has 1 atom stereocenters. The van der Waals surface area contributed by atoms with Crippen molar-refractivity contribution >= 4 is 9.84 Å². The van der Waals surface area contributed by atoms with E-state index >= 15 is 0 Å². The molecule has 1 aliphatic heterocycles. The standard InChI is InChI=1S/C8H17N2O3S/c1-14(12,13)7-2-8(11)10-5-3-9-4-6-10/h8-9H,2-7H2,1H3. The molecule has 1 rings (SSSR count). The van der Waals surface area contributed by atoms with Crippen molar-refractivity contribution in [2.45, 2.75) is 12.6 Å². The molecule has 0 aromatic heterocycles. The molecule has 0 saturated carbocycles. The van der Waals surface area contributed by atoms with Gasteiger partial charge in [-0.05, 0) is 0 Å². The number of rotatable bonds is 4. The van der Waals surface area contributed by atoms with E-state index in [-0.39, 0.29) is 12.2 Å². The molecule has 0 aromatic carbocycles. The van der Waals surface area contributed by atoms with Gasteiger partial charge in [-0.25, -0.2) is 13.5 Å². The first-order valence-corrected chi connectivity index (χ1v) is 6.83. The summed E-state index contributed by atoms with van der Waals surface area (Å²) in [6.07, 6.45) is 0.489. The third kappa shape index (κ3) is 4.36. The number of hydrogen-bond donors (Lipinski definition) is 1. The van der Waals surface area contributed by atoms with Crippen LogP contribution in [0.5, 0.6) is 0 Å². The van der Waals surface area contributed by atoms with Crippen LogP contribution in [-0.2, 0) is 14.9 Å². The Kier molecular flexibility index (Phi) is 4.31. The van der Waals surface area contributed by atoms with Crippen LogP contribution in [0.1, 0.15) is 6.42 Å². The van der Waals surface area contributed by atoms with Crippen LogP contribution in [0.2, 0.25) is 0 Å². The van der Waals surface area contributed by atoms with E-state index < -0.39 is 16.1 Å². The van der Waals surface area contributed by atoms with Crippen LogP contribution in [0, 0.1) is 0 Å². The second-order valence-corrected chi connectivity index (χ2v) is 5.92. The maximum Gasteiger partial charge on any atom is 0.147 e. The molecule has 1 unspecified atom stereocenters. The van der Waals surface area contributed by atoms with Crippen molar-refractivity contribution in [2.75, 3.05) is 38.2 Å². The molecule has 0 aromatic rings. The fourth-order valence-corrected chi connectivity index (χ4v) is 2.10. The summed E-state index contributed by atoms with van der Waals surface area (Å²) in [5.74, 6) is -0.00883. The highest BCUT2D eigenvalue weighted by molar-refractivity contribution is 7.90. The number of sulfone groups is 1. The minimum Gasteiger partial charge on any atom is -0.314 e.